The van der Waals surface area contributed by atoms with E-state index in [-0.39, 0.29) is 6.04 Å². The Labute approximate surface area is 112 Å². The van der Waals surface area contributed by atoms with Crippen molar-refractivity contribution >= 4 is 5.69 Å². The van der Waals surface area contributed by atoms with Crippen molar-refractivity contribution < 1.29 is 4.74 Å². The van der Waals surface area contributed by atoms with E-state index in [1.165, 1.54) is 0 Å². The van der Waals surface area contributed by atoms with Crippen molar-refractivity contribution in [2.24, 2.45) is 5.92 Å². The first-order chi connectivity index (χ1) is 9.04. The quantitative estimate of drug-likeness (QED) is 0.853. The third-order valence-corrected chi connectivity index (χ3v) is 3.34. The van der Waals surface area contributed by atoms with Gasteiger partial charge in [-0.15, -0.1) is 5.10 Å². The Hall–Kier alpha value is -2.11. The molecule has 2 rings (SSSR count). The van der Waals surface area contributed by atoms with Gasteiger partial charge in [-0.1, -0.05) is 13.8 Å². The molecule has 0 spiro atoms. The van der Waals surface area contributed by atoms with Gasteiger partial charge in [0.25, 0.3) is 0 Å². The van der Waals surface area contributed by atoms with Crippen LogP contribution in [0.1, 0.15) is 26.8 Å². The van der Waals surface area contributed by atoms with Crippen molar-refractivity contribution in [3.63, 3.8) is 0 Å². The predicted octanol–water partition coefficient (Wildman–Crippen LogP) is 2.15. The highest BCUT2D eigenvalue weighted by atomic mass is 16.5. The SMILES string of the molecule is COc1ccc(N)c(-c2nnnn2C(C)C(C)C)c1. The maximum Gasteiger partial charge on any atom is 0.184 e. The number of hydrogen-bond donors (Lipinski definition) is 1. The summed E-state index contributed by atoms with van der Waals surface area (Å²) < 4.78 is 7.02. The topological polar surface area (TPSA) is 78.8 Å². The van der Waals surface area contributed by atoms with Crippen LogP contribution >= 0.6 is 0 Å². The minimum Gasteiger partial charge on any atom is -0.497 e. The Morgan fingerprint density at radius 1 is 1.26 bits per heavy atom. The molecule has 0 saturated carbocycles. The van der Waals surface area contributed by atoms with Gasteiger partial charge < -0.3 is 10.5 Å². The van der Waals surface area contributed by atoms with Crippen LogP contribution in [0.3, 0.4) is 0 Å². The minimum atomic E-state index is 0.190. The molecule has 6 nitrogen and oxygen atoms in total. The number of nitrogen functional groups attached to an aromatic ring is 1. The molecule has 102 valence electrons. The van der Waals surface area contributed by atoms with Gasteiger partial charge in [0.2, 0.25) is 0 Å². The molecule has 0 saturated heterocycles. The summed E-state index contributed by atoms with van der Waals surface area (Å²) in [4.78, 5) is 0. The fourth-order valence-electron chi connectivity index (χ4n) is 1.78. The Morgan fingerprint density at radius 3 is 2.63 bits per heavy atom. The van der Waals surface area contributed by atoms with Crippen molar-refractivity contribution in [1.82, 2.24) is 20.2 Å². The molecule has 1 aromatic heterocycles. The number of aromatic nitrogens is 4. The molecular formula is C13H19N5O. The number of rotatable bonds is 4. The number of methoxy groups -OCH3 is 1. The molecule has 0 aliphatic rings. The van der Waals surface area contributed by atoms with E-state index in [1.54, 1.807) is 17.9 Å². The summed E-state index contributed by atoms with van der Waals surface area (Å²) in [6, 6.07) is 5.66. The summed E-state index contributed by atoms with van der Waals surface area (Å²) in [5.41, 5.74) is 7.44. The van der Waals surface area contributed by atoms with E-state index in [2.05, 4.69) is 36.3 Å². The van der Waals surface area contributed by atoms with E-state index in [9.17, 15) is 0 Å². The summed E-state index contributed by atoms with van der Waals surface area (Å²) in [5.74, 6) is 1.82. The summed E-state index contributed by atoms with van der Waals surface area (Å²) in [6.07, 6.45) is 0. The molecule has 19 heavy (non-hydrogen) atoms. The van der Waals surface area contributed by atoms with E-state index >= 15 is 0 Å². The highest BCUT2D eigenvalue weighted by Crippen LogP contribution is 2.30. The van der Waals surface area contributed by atoms with Gasteiger partial charge >= 0.3 is 0 Å². The van der Waals surface area contributed by atoms with Crippen LogP contribution in [0.5, 0.6) is 5.75 Å². The van der Waals surface area contributed by atoms with Gasteiger partial charge in [-0.05, 0) is 41.5 Å². The molecule has 0 aliphatic carbocycles. The Kier molecular flexibility index (Phi) is 3.69. The second-order valence-corrected chi connectivity index (χ2v) is 4.88. The van der Waals surface area contributed by atoms with Crippen LogP contribution in [0, 0.1) is 5.92 Å². The molecule has 1 heterocycles. The third kappa shape index (κ3) is 2.52. The lowest BCUT2D eigenvalue weighted by atomic mass is 10.1. The van der Waals surface area contributed by atoms with E-state index in [0.717, 1.165) is 11.3 Å². The van der Waals surface area contributed by atoms with Crippen molar-refractivity contribution in [3.05, 3.63) is 18.2 Å². The number of tetrazole rings is 1. The van der Waals surface area contributed by atoms with Crippen molar-refractivity contribution in [1.29, 1.82) is 0 Å². The average molecular weight is 261 g/mol. The van der Waals surface area contributed by atoms with Gasteiger partial charge in [-0.2, -0.15) is 0 Å². The molecule has 0 amide bonds. The largest absolute Gasteiger partial charge is 0.497 e. The molecule has 0 radical (unpaired) electrons. The molecule has 2 N–H and O–H groups in total. The first kappa shape index (κ1) is 13.3. The van der Waals surface area contributed by atoms with Gasteiger partial charge in [0.1, 0.15) is 5.75 Å². The van der Waals surface area contributed by atoms with Crippen LogP contribution in [0.25, 0.3) is 11.4 Å². The molecule has 0 bridgehead atoms. The lowest BCUT2D eigenvalue weighted by Crippen LogP contribution is -2.15. The van der Waals surface area contributed by atoms with Gasteiger partial charge in [-0.3, -0.25) is 0 Å². The van der Waals surface area contributed by atoms with Crippen LogP contribution in [-0.4, -0.2) is 27.3 Å². The number of benzene rings is 1. The lowest BCUT2D eigenvalue weighted by molar-refractivity contribution is 0.371. The van der Waals surface area contributed by atoms with Crippen LogP contribution in [0.2, 0.25) is 0 Å². The number of ether oxygens (including phenoxy) is 1. The molecule has 2 aromatic rings. The fraction of sp³-hybridized carbons (Fsp3) is 0.462. The van der Waals surface area contributed by atoms with E-state index in [1.807, 2.05) is 12.1 Å². The Bertz CT molecular complexity index is 564. The lowest BCUT2D eigenvalue weighted by Gasteiger charge is -2.17. The minimum absolute atomic E-state index is 0.190. The molecule has 1 atom stereocenters. The monoisotopic (exact) mass is 261 g/mol. The van der Waals surface area contributed by atoms with Crippen LogP contribution in [0.4, 0.5) is 5.69 Å². The van der Waals surface area contributed by atoms with Crippen molar-refractivity contribution in [2.75, 3.05) is 12.8 Å². The standard InChI is InChI=1S/C13H19N5O/c1-8(2)9(3)18-13(15-16-17-18)11-7-10(19-4)5-6-12(11)14/h5-9H,14H2,1-4H3. The zero-order chi connectivity index (χ0) is 14.0. The predicted molar refractivity (Wildman–Crippen MR) is 73.8 cm³/mol. The normalized spacial score (nSPS) is 12.7. The summed E-state index contributed by atoms with van der Waals surface area (Å²) in [7, 11) is 1.62. The second-order valence-electron chi connectivity index (χ2n) is 4.88. The van der Waals surface area contributed by atoms with Crippen LogP contribution in [0.15, 0.2) is 18.2 Å². The Morgan fingerprint density at radius 2 is 2.00 bits per heavy atom. The smallest absolute Gasteiger partial charge is 0.184 e. The zero-order valence-electron chi connectivity index (χ0n) is 11.7. The van der Waals surface area contributed by atoms with Gasteiger partial charge in [0.05, 0.1) is 13.2 Å². The number of hydrogen-bond acceptors (Lipinski definition) is 5. The van der Waals surface area contributed by atoms with Gasteiger partial charge in [0.15, 0.2) is 5.82 Å². The first-order valence-corrected chi connectivity index (χ1v) is 6.26. The summed E-state index contributed by atoms with van der Waals surface area (Å²) in [6.45, 7) is 6.34. The van der Waals surface area contributed by atoms with Gasteiger partial charge in [-0.25, -0.2) is 4.68 Å². The maximum absolute atomic E-state index is 6.02. The van der Waals surface area contributed by atoms with E-state index < -0.39 is 0 Å². The number of anilines is 1. The fourth-order valence-corrected chi connectivity index (χ4v) is 1.78. The summed E-state index contributed by atoms with van der Waals surface area (Å²) in [5, 5.41) is 11.9. The molecular weight excluding hydrogens is 242 g/mol. The summed E-state index contributed by atoms with van der Waals surface area (Å²) >= 11 is 0. The number of nitrogens with zero attached hydrogens (tertiary/aromatic N) is 4. The molecule has 6 heteroatoms. The Balaban J connectivity index is 2.51. The first-order valence-electron chi connectivity index (χ1n) is 6.26. The molecule has 1 aromatic carbocycles. The zero-order valence-corrected chi connectivity index (χ0v) is 11.7. The number of nitrogens with two attached hydrogens (primary N) is 1. The van der Waals surface area contributed by atoms with Gasteiger partial charge in [0, 0.05) is 11.3 Å². The highest BCUT2D eigenvalue weighted by Gasteiger charge is 2.19. The second kappa shape index (κ2) is 5.26. The average Bonchev–Trinajstić information content (AvgIpc) is 2.87. The van der Waals surface area contributed by atoms with Crippen molar-refractivity contribution in [3.8, 4) is 17.1 Å². The molecule has 0 fully saturated rings. The maximum atomic E-state index is 6.02. The van der Waals surface area contributed by atoms with E-state index in [4.69, 9.17) is 10.5 Å². The molecule has 1 unspecified atom stereocenters. The molecule has 0 aliphatic heterocycles. The van der Waals surface area contributed by atoms with Crippen molar-refractivity contribution in [2.45, 2.75) is 26.8 Å². The third-order valence-electron chi connectivity index (χ3n) is 3.34. The van der Waals surface area contributed by atoms with E-state index in [0.29, 0.717) is 17.4 Å². The highest BCUT2D eigenvalue weighted by molar-refractivity contribution is 5.73. The van der Waals surface area contributed by atoms with Crippen LogP contribution < -0.4 is 10.5 Å². The van der Waals surface area contributed by atoms with Crippen LogP contribution in [-0.2, 0) is 0 Å².